The van der Waals surface area contributed by atoms with Crippen molar-refractivity contribution in [3.63, 3.8) is 0 Å². The van der Waals surface area contributed by atoms with Gasteiger partial charge >= 0.3 is 0 Å². The molecule has 1 atom stereocenters. The van der Waals surface area contributed by atoms with Gasteiger partial charge in [0.1, 0.15) is 0 Å². The van der Waals surface area contributed by atoms with Crippen molar-refractivity contribution in [2.24, 2.45) is 0 Å². The van der Waals surface area contributed by atoms with Gasteiger partial charge in [-0.2, -0.15) is 0 Å². The van der Waals surface area contributed by atoms with Crippen molar-refractivity contribution in [1.82, 2.24) is 0 Å². The fourth-order valence-electron chi connectivity index (χ4n) is 2.69. The number of ether oxygens (including phenoxy) is 2. The number of benzene rings is 2. The zero-order valence-electron chi connectivity index (χ0n) is 11.5. The lowest BCUT2D eigenvalue weighted by Crippen LogP contribution is -2.07. The molecule has 1 saturated heterocycles. The molecule has 0 radical (unpaired) electrons. The van der Waals surface area contributed by atoms with Crippen LogP contribution < -0.4 is 4.74 Å². The van der Waals surface area contributed by atoms with Crippen LogP contribution in [-0.2, 0) is 4.74 Å². The summed E-state index contributed by atoms with van der Waals surface area (Å²) in [7, 11) is 0. The minimum absolute atomic E-state index is 0.209. The molecular formula is C17H20O3. The lowest BCUT2D eigenvalue weighted by molar-refractivity contribution is 0.0980. The lowest BCUT2D eigenvalue weighted by atomic mass is 10.1. The third kappa shape index (κ3) is 3.05. The summed E-state index contributed by atoms with van der Waals surface area (Å²) in [5.41, 5.74) is 0. The van der Waals surface area contributed by atoms with E-state index in [1.54, 1.807) is 6.07 Å². The Labute approximate surface area is 119 Å². The Morgan fingerprint density at radius 3 is 2.75 bits per heavy atom. The molecule has 1 fully saturated rings. The molecule has 3 heteroatoms. The third-order valence-electron chi connectivity index (χ3n) is 3.78. The van der Waals surface area contributed by atoms with E-state index in [2.05, 4.69) is 0 Å². The van der Waals surface area contributed by atoms with Gasteiger partial charge in [0, 0.05) is 6.61 Å². The Morgan fingerprint density at radius 2 is 2.00 bits per heavy atom. The molecule has 2 aromatic carbocycles. The average Bonchev–Trinajstić information content (AvgIpc) is 2.97. The third-order valence-corrected chi connectivity index (χ3v) is 3.78. The summed E-state index contributed by atoms with van der Waals surface area (Å²) in [4.78, 5) is 0. The summed E-state index contributed by atoms with van der Waals surface area (Å²) in [5.74, 6) is 0.775. The minimum atomic E-state index is 0.209. The second-order valence-electron chi connectivity index (χ2n) is 5.29. The van der Waals surface area contributed by atoms with Gasteiger partial charge in [-0.1, -0.05) is 24.3 Å². The molecule has 1 N–H and O–H groups in total. The van der Waals surface area contributed by atoms with Crippen LogP contribution in [0.15, 0.2) is 36.4 Å². The van der Waals surface area contributed by atoms with Crippen molar-refractivity contribution in [2.75, 3.05) is 13.2 Å². The summed E-state index contributed by atoms with van der Waals surface area (Å²) < 4.78 is 11.3. The number of fused-ring (bicyclic) bond motifs is 1. The Bertz CT molecular complexity index is 573. The highest BCUT2D eigenvalue weighted by Crippen LogP contribution is 2.31. The van der Waals surface area contributed by atoms with Crippen molar-refractivity contribution in [3.8, 4) is 11.5 Å². The number of aromatic hydroxyl groups is 1. The van der Waals surface area contributed by atoms with Crippen molar-refractivity contribution in [1.29, 1.82) is 0 Å². The van der Waals surface area contributed by atoms with Gasteiger partial charge < -0.3 is 14.6 Å². The molecule has 0 aromatic heterocycles. The highest BCUT2D eigenvalue weighted by molar-refractivity contribution is 5.85. The van der Waals surface area contributed by atoms with Gasteiger partial charge in [0.25, 0.3) is 0 Å². The van der Waals surface area contributed by atoms with E-state index in [9.17, 15) is 5.11 Å². The molecule has 3 rings (SSSR count). The smallest absolute Gasteiger partial charge is 0.161 e. The largest absolute Gasteiger partial charge is 0.504 e. The molecule has 0 saturated carbocycles. The van der Waals surface area contributed by atoms with E-state index >= 15 is 0 Å². The van der Waals surface area contributed by atoms with Crippen LogP contribution in [0.5, 0.6) is 11.5 Å². The quantitative estimate of drug-likeness (QED) is 0.839. The number of phenols is 1. The average molecular weight is 272 g/mol. The van der Waals surface area contributed by atoms with Crippen molar-refractivity contribution < 1.29 is 14.6 Å². The minimum Gasteiger partial charge on any atom is -0.504 e. The fraction of sp³-hybridized carbons (Fsp3) is 0.412. The molecule has 0 spiro atoms. The molecule has 1 aliphatic rings. The van der Waals surface area contributed by atoms with Crippen LogP contribution in [0.2, 0.25) is 0 Å². The van der Waals surface area contributed by atoms with Gasteiger partial charge in [-0.15, -0.1) is 0 Å². The van der Waals surface area contributed by atoms with E-state index in [4.69, 9.17) is 9.47 Å². The van der Waals surface area contributed by atoms with E-state index in [0.717, 1.165) is 30.2 Å². The van der Waals surface area contributed by atoms with Gasteiger partial charge in [0.2, 0.25) is 0 Å². The molecule has 20 heavy (non-hydrogen) atoms. The number of rotatable bonds is 5. The summed E-state index contributed by atoms with van der Waals surface area (Å²) >= 11 is 0. The van der Waals surface area contributed by atoms with Crippen LogP contribution in [0.25, 0.3) is 10.8 Å². The first-order valence-corrected chi connectivity index (χ1v) is 7.29. The predicted molar refractivity (Wildman–Crippen MR) is 79.3 cm³/mol. The molecule has 0 aliphatic carbocycles. The number of hydrogen-bond acceptors (Lipinski definition) is 3. The van der Waals surface area contributed by atoms with Crippen LogP contribution in [-0.4, -0.2) is 24.4 Å². The topological polar surface area (TPSA) is 38.7 Å². The number of phenolic OH excluding ortho intramolecular Hbond substituents is 1. The van der Waals surface area contributed by atoms with Crippen LogP contribution in [0, 0.1) is 0 Å². The van der Waals surface area contributed by atoms with E-state index in [0.29, 0.717) is 18.5 Å². The predicted octanol–water partition coefficient (Wildman–Crippen LogP) is 3.88. The fourth-order valence-corrected chi connectivity index (χ4v) is 2.69. The molecule has 3 nitrogen and oxygen atoms in total. The van der Waals surface area contributed by atoms with Crippen molar-refractivity contribution in [2.45, 2.75) is 31.8 Å². The maximum Gasteiger partial charge on any atom is 0.161 e. The van der Waals surface area contributed by atoms with Crippen molar-refractivity contribution >= 4 is 10.8 Å². The van der Waals surface area contributed by atoms with Gasteiger partial charge in [-0.05, 0) is 48.6 Å². The van der Waals surface area contributed by atoms with E-state index < -0.39 is 0 Å². The molecule has 0 amide bonds. The molecule has 2 aromatic rings. The van der Waals surface area contributed by atoms with E-state index in [1.807, 2.05) is 30.3 Å². The lowest BCUT2D eigenvalue weighted by Gasteiger charge is -2.11. The van der Waals surface area contributed by atoms with Gasteiger partial charge in [0.05, 0.1) is 12.7 Å². The Hall–Kier alpha value is -1.74. The van der Waals surface area contributed by atoms with E-state index in [-0.39, 0.29) is 5.75 Å². The summed E-state index contributed by atoms with van der Waals surface area (Å²) in [5, 5.41) is 12.1. The van der Waals surface area contributed by atoms with Gasteiger partial charge in [0.15, 0.2) is 11.5 Å². The Morgan fingerprint density at radius 1 is 1.20 bits per heavy atom. The summed E-state index contributed by atoms with van der Waals surface area (Å²) in [6.45, 7) is 1.52. The van der Waals surface area contributed by atoms with Gasteiger partial charge in [-0.25, -0.2) is 0 Å². The zero-order chi connectivity index (χ0) is 13.8. The van der Waals surface area contributed by atoms with Gasteiger partial charge in [-0.3, -0.25) is 0 Å². The zero-order valence-corrected chi connectivity index (χ0v) is 11.5. The molecule has 106 valence electrons. The molecule has 0 bridgehead atoms. The Balaban J connectivity index is 1.57. The summed E-state index contributed by atoms with van der Waals surface area (Å²) in [6.07, 6.45) is 4.74. The molecular weight excluding hydrogens is 252 g/mol. The summed E-state index contributed by atoms with van der Waals surface area (Å²) in [6, 6.07) is 11.6. The van der Waals surface area contributed by atoms with Crippen molar-refractivity contribution in [3.05, 3.63) is 36.4 Å². The molecule has 1 heterocycles. The SMILES string of the molecule is Oc1cc2ccccc2cc1OCCCC1CCCO1. The first-order valence-electron chi connectivity index (χ1n) is 7.29. The maximum absolute atomic E-state index is 9.97. The number of hydrogen-bond donors (Lipinski definition) is 1. The highest BCUT2D eigenvalue weighted by Gasteiger charge is 2.14. The normalized spacial score (nSPS) is 18.5. The maximum atomic E-state index is 9.97. The second kappa shape index (κ2) is 6.14. The highest BCUT2D eigenvalue weighted by atomic mass is 16.5. The molecule has 1 aliphatic heterocycles. The monoisotopic (exact) mass is 272 g/mol. The van der Waals surface area contributed by atoms with Crippen LogP contribution in [0.3, 0.4) is 0 Å². The molecule has 1 unspecified atom stereocenters. The standard InChI is InChI=1S/C17H20O3/c18-16-11-13-5-1-2-6-14(13)12-17(16)20-10-4-8-15-7-3-9-19-15/h1-2,5-6,11-12,15,18H,3-4,7-10H2. The van der Waals surface area contributed by atoms with Crippen LogP contribution >= 0.6 is 0 Å². The van der Waals surface area contributed by atoms with E-state index in [1.165, 1.54) is 12.8 Å². The Kier molecular flexibility index (Phi) is 4.07. The first kappa shape index (κ1) is 13.3. The second-order valence-corrected chi connectivity index (χ2v) is 5.29. The van der Waals surface area contributed by atoms with Crippen LogP contribution in [0.1, 0.15) is 25.7 Å². The van der Waals surface area contributed by atoms with Crippen LogP contribution in [0.4, 0.5) is 0 Å². The first-order chi connectivity index (χ1) is 9.83.